The molecule has 0 fully saturated rings. The van der Waals surface area contributed by atoms with Gasteiger partial charge in [0, 0.05) is 24.1 Å². The zero-order valence-corrected chi connectivity index (χ0v) is 14.5. The Bertz CT molecular complexity index is 1020. The molecule has 0 aromatic heterocycles. The highest BCUT2D eigenvalue weighted by Crippen LogP contribution is 2.24. The summed E-state index contributed by atoms with van der Waals surface area (Å²) in [7, 11) is 0. The van der Waals surface area contributed by atoms with Gasteiger partial charge in [-0.15, -0.1) is 0 Å². The molecule has 0 saturated carbocycles. The van der Waals surface area contributed by atoms with Crippen molar-refractivity contribution in [3.8, 4) is 5.75 Å². The topological polar surface area (TPSA) is 108 Å². The molecule has 0 radical (unpaired) electrons. The molecule has 3 rings (SSSR count). The Hall–Kier alpha value is -3.81. The molecule has 0 saturated heterocycles. The second kappa shape index (κ2) is 7.20. The minimum atomic E-state index is -0.675. The Morgan fingerprint density at radius 2 is 2.04 bits per heavy atom. The first-order chi connectivity index (χ1) is 12.8. The highest BCUT2D eigenvalue weighted by Gasteiger charge is 2.25. The van der Waals surface area contributed by atoms with Gasteiger partial charge in [0.2, 0.25) is 5.90 Å². The lowest BCUT2D eigenvalue weighted by atomic mass is 10.1. The summed E-state index contributed by atoms with van der Waals surface area (Å²) in [4.78, 5) is 37.8. The molecule has 0 atom stereocenters. The second-order valence-corrected chi connectivity index (χ2v) is 5.76. The maximum Gasteiger partial charge on any atom is 0.363 e. The highest BCUT2D eigenvalue weighted by atomic mass is 16.6. The van der Waals surface area contributed by atoms with Crippen molar-refractivity contribution >= 4 is 29.6 Å². The van der Waals surface area contributed by atoms with Crippen molar-refractivity contribution in [2.24, 2.45) is 4.99 Å². The number of cyclic esters (lactones) is 1. The predicted molar refractivity (Wildman–Crippen MR) is 96.2 cm³/mol. The van der Waals surface area contributed by atoms with Crippen LogP contribution in [-0.2, 0) is 14.3 Å². The van der Waals surface area contributed by atoms with E-state index in [0.717, 1.165) is 0 Å². The van der Waals surface area contributed by atoms with E-state index in [-0.39, 0.29) is 17.3 Å². The quantitative estimate of drug-likeness (QED) is 0.270. The molecular weight excluding hydrogens is 352 g/mol. The van der Waals surface area contributed by atoms with Gasteiger partial charge in [-0.3, -0.25) is 14.9 Å². The van der Waals surface area contributed by atoms with Crippen molar-refractivity contribution < 1.29 is 24.0 Å². The summed E-state index contributed by atoms with van der Waals surface area (Å²) >= 11 is 0. The summed E-state index contributed by atoms with van der Waals surface area (Å²) in [5.41, 5.74) is 1.36. The summed E-state index contributed by atoms with van der Waals surface area (Å²) in [5.74, 6) is -0.806. The van der Waals surface area contributed by atoms with E-state index < -0.39 is 16.9 Å². The van der Waals surface area contributed by atoms with Gasteiger partial charge in [0.05, 0.1) is 4.92 Å². The second-order valence-electron chi connectivity index (χ2n) is 5.76. The normalized spacial score (nSPS) is 14.7. The van der Waals surface area contributed by atoms with Crippen LogP contribution >= 0.6 is 0 Å². The van der Waals surface area contributed by atoms with Crippen LogP contribution in [0.5, 0.6) is 5.75 Å². The number of hydrogen-bond donors (Lipinski definition) is 0. The summed E-state index contributed by atoms with van der Waals surface area (Å²) in [6, 6.07) is 11.0. The van der Waals surface area contributed by atoms with Crippen molar-refractivity contribution in [3.63, 3.8) is 0 Å². The number of nitrogens with zero attached hydrogens (tertiary/aromatic N) is 2. The first-order valence-corrected chi connectivity index (χ1v) is 7.90. The van der Waals surface area contributed by atoms with E-state index in [9.17, 15) is 19.7 Å². The third-order valence-electron chi connectivity index (χ3n) is 3.70. The lowest BCUT2D eigenvalue weighted by Gasteiger charge is -2.01. The van der Waals surface area contributed by atoms with Gasteiger partial charge in [-0.05, 0) is 36.8 Å². The number of carbonyl (C=O) groups excluding carboxylic acids is 2. The Morgan fingerprint density at radius 1 is 1.26 bits per heavy atom. The molecule has 8 heteroatoms. The molecule has 27 heavy (non-hydrogen) atoms. The molecular formula is C19H14N2O6. The van der Waals surface area contributed by atoms with Crippen molar-refractivity contribution in [1.82, 2.24) is 0 Å². The van der Waals surface area contributed by atoms with Crippen molar-refractivity contribution in [2.45, 2.75) is 13.8 Å². The molecule has 1 aliphatic rings. The largest absolute Gasteiger partial charge is 0.427 e. The number of nitro benzene ring substituents is 1. The Labute approximate surface area is 153 Å². The summed E-state index contributed by atoms with van der Waals surface area (Å²) in [6.07, 6.45) is 1.48. The van der Waals surface area contributed by atoms with Gasteiger partial charge in [-0.25, -0.2) is 9.79 Å². The molecule has 136 valence electrons. The number of benzene rings is 2. The average molecular weight is 366 g/mol. The molecule has 2 aromatic rings. The van der Waals surface area contributed by atoms with E-state index in [1.54, 1.807) is 43.3 Å². The summed E-state index contributed by atoms with van der Waals surface area (Å²) in [6.45, 7) is 2.91. The van der Waals surface area contributed by atoms with Crippen LogP contribution in [0.15, 0.2) is 53.2 Å². The van der Waals surface area contributed by atoms with Crippen LogP contribution < -0.4 is 4.74 Å². The molecule has 0 unspecified atom stereocenters. The van der Waals surface area contributed by atoms with E-state index in [4.69, 9.17) is 9.47 Å². The molecule has 0 bridgehead atoms. The van der Waals surface area contributed by atoms with E-state index in [0.29, 0.717) is 22.4 Å². The fourth-order valence-corrected chi connectivity index (χ4v) is 2.46. The fourth-order valence-electron chi connectivity index (χ4n) is 2.46. The van der Waals surface area contributed by atoms with Crippen molar-refractivity contribution in [3.05, 3.63) is 75.0 Å². The third kappa shape index (κ3) is 4.06. The van der Waals surface area contributed by atoms with Crippen LogP contribution in [0.1, 0.15) is 23.6 Å². The average Bonchev–Trinajstić information content (AvgIpc) is 2.95. The molecule has 2 aromatic carbocycles. The zero-order chi connectivity index (χ0) is 19.6. The monoisotopic (exact) mass is 366 g/mol. The van der Waals surface area contributed by atoms with E-state index in [1.165, 1.54) is 19.1 Å². The maximum atomic E-state index is 12.1. The molecule has 0 spiro atoms. The van der Waals surface area contributed by atoms with Gasteiger partial charge in [0.25, 0.3) is 5.69 Å². The molecule has 8 nitrogen and oxygen atoms in total. The van der Waals surface area contributed by atoms with E-state index in [1.807, 2.05) is 0 Å². The van der Waals surface area contributed by atoms with Gasteiger partial charge in [-0.1, -0.05) is 18.2 Å². The number of hydrogen-bond acceptors (Lipinski definition) is 7. The minimum absolute atomic E-state index is 0.00881. The number of rotatable bonds is 4. The van der Waals surface area contributed by atoms with E-state index in [2.05, 4.69) is 4.99 Å². The van der Waals surface area contributed by atoms with Gasteiger partial charge in [-0.2, -0.15) is 0 Å². The van der Waals surface area contributed by atoms with Crippen LogP contribution in [0.2, 0.25) is 0 Å². The standard InChI is InChI=1S/C19H14N2O6/c1-11-6-7-14(10-17(11)21(24)25)18-20-16(19(23)27-18)9-13-4-3-5-15(8-13)26-12(2)22/h3-10H,1-2H3. The molecule has 1 heterocycles. The first-order valence-electron chi connectivity index (χ1n) is 7.90. The number of aliphatic imine (C=N–C) groups is 1. The predicted octanol–water partition coefficient (Wildman–Crippen LogP) is 3.17. The van der Waals surface area contributed by atoms with Crippen LogP contribution in [0.3, 0.4) is 0 Å². The summed E-state index contributed by atoms with van der Waals surface area (Å²) in [5, 5.41) is 11.1. The lowest BCUT2D eigenvalue weighted by Crippen LogP contribution is -2.06. The van der Waals surface area contributed by atoms with Gasteiger partial charge in [0.1, 0.15) is 5.75 Å². The van der Waals surface area contributed by atoms with Crippen LogP contribution in [0.4, 0.5) is 5.69 Å². The smallest absolute Gasteiger partial charge is 0.363 e. The van der Waals surface area contributed by atoms with Gasteiger partial charge in [0.15, 0.2) is 5.70 Å². The van der Waals surface area contributed by atoms with Crippen molar-refractivity contribution in [2.75, 3.05) is 0 Å². The molecule has 1 aliphatic heterocycles. The Morgan fingerprint density at radius 3 is 2.74 bits per heavy atom. The molecule has 0 amide bonds. The Balaban J connectivity index is 1.93. The number of carbonyl (C=O) groups is 2. The number of ether oxygens (including phenoxy) is 2. The summed E-state index contributed by atoms with van der Waals surface area (Å²) < 4.78 is 10.1. The van der Waals surface area contributed by atoms with Crippen molar-refractivity contribution in [1.29, 1.82) is 0 Å². The Kier molecular flexibility index (Phi) is 4.80. The number of aryl methyl sites for hydroxylation is 1. The van der Waals surface area contributed by atoms with Crippen LogP contribution in [-0.4, -0.2) is 22.8 Å². The van der Waals surface area contributed by atoms with Crippen LogP contribution in [0.25, 0.3) is 6.08 Å². The first kappa shape index (κ1) is 18.0. The third-order valence-corrected chi connectivity index (χ3v) is 3.70. The lowest BCUT2D eigenvalue weighted by molar-refractivity contribution is -0.385. The van der Waals surface area contributed by atoms with Crippen LogP contribution in [0, 0.1) is 17.0 Å². The molecule has 0 N–H and O–H groups in total. The van der Waals surface area contributed by atoms with E-state index >= 15 is 0 Å². The fraction of sp³-hybridized carbons (Fsp3) is 0.105. The number of esters is 2. The molecule has 0 aliphatic carbocycles. The minimum Gasteiger partial charge on any atom is -0.427 e. The zero-order valence-electron chi connectivity index (χ0n) is 14.5. The maximum absolute atomic E-state index is 12.1. The number of nitro groups is 1. The SMILES string of the molecule is CC(=O)Oc1cccc(C=C2N=C(c3ccc(C)c([N+](=O)[O-])c3)OC2=O)c1. The highest BCUT2D eigenvalue weighted by molar-refractivity contribution is 6.13. The van der Waals surface area contributed by atoms with Gasteiger partial charge < -0.3 is 9.47 Å². The van der Waals surface area contributed by atoms with Gasteiger partial charge >= 0.3 is 11.9 Å².